The summed E-state index contributed by atoms with van der Waals surface area (Å²) in [5.41, 5.74) is 1.62. The van der Waals surface area contributed by atoms with E-state index in [1.807, 2.05) is 24.3 Å². The van der Waals surface area contributed by atoms with Crippen molar-refractivity contribution in [2.75, 3.05) is 26.8 Å². The number of furan rings is 1. The van der Waals surface area contributed by atoms with Crippen molar-refractivity contribution >= 4 is 28.5 Å². The van der Waals surface area contributed by atoms with Gasteiger partial charge in [0.05, 0.1) is 13.2 Å². The average molecular weight is 297 g/mol. The molecule has 1 amide bonds. The van der Waals surface area contributed by atoms with Gasteiger partial charge in [-0.2, -0.15) is 0 Å². The van der Waals surface area contributed by atoms with E-state index in [1.54, 1.807) is 7.11 Å². The molecule has 0 aliphatic carbocycles. The number of ether oxygens (including phenoxy) is 1. The van der Waals surface area contributed by atoms with Crippen LogP contribution in [0.5, 0.6) is 0 Å². The molecule has 0 aliphatic rings. The Bertz CT molecular complexity index is 583. The van der Waals surface area contributed by atoms with Gasteiger partial charge in [-0.05, 0) is 17.7 Å². The van der Waals surface area contributed by atoms with Gasteiger partial charge in [0.15, 0.2) is 5.22 Å². The summed E-state index contributed by atoms with van der Waals surface area (Å²) >= 11 is 6.06. The molecule has 0 saturated heterocycles. The fourth-order valence-electron chi connectivity index (χ4n) is 1.89. The number of para-hydroxylation sites is 1. The highest BCUT2D eigenvalue weighted by atomic mass is 35.5. The monoisotopic (exact) mass is 296 g/mol. The number of hydrogen-bond donors (Lipinski definition) is 2. The van der Waals surface area contributed by atoms with E-state index in [0.29, 0.717) is 24.9 Å². The van der Waals surface area contributed by atoms with Crippen molar-refractivity contribution < 1.29 is 13.9 Å². The van der Waals surface area contributed by atoms with Crippen molar-refractivity contribution in [1.29, 1.82) is 0 Å². The summed E-state index contributed by atoms with van der Waals surface area (Å²) in [7, 11) is 1.59. The van der Waals surface area contributed by atoms with Gasteiger partial charge in [0.25, 0.3) is 0 Å². The lowest BCUT2D eigenvalue weighted by molar-refractivity contribution is -0.120. The molecule has 0 atom stereocenters. The minimum atomic E-state index is -0.0778. The molecule has 0 spiro atoms. The van der Waals surface area contributed by atoms with Crippen molar-refractivity contribution in [2.45, 2.75) is 6.54 Å². The number of carbonyl (C=O) groups is 1. The highest BCUT2D eigenvalue weighted by molar-refractivity contribution is 6.30. The quantitative estimate of drug-likeness (QED) is 0.767. The molecule has 2 rings (SSSR count). The fourth-order valence-corrected chi connectivity index (χ4v) is 2.14. The summed E-state index contributed by atoms with van der Waals surface area (Å²) in [4.78, 5) is 11.5. The molecule has 0 radical (unpaired) electrons. The number of fused-ring (bicyclic) bond motifs is 1. The van der Waals surface area contributed by atoms with Gasteiger partial charge in [0.1, 0.15) is 5.58 Å². The maximum atomic E-state index is 11.5. The van der Waals surface area contributed by atoms with Crippen molar-refractivity contribution in [3.8, 4) is 0 Å². The van der Waals surface area contributed by atoms with Gasteiger partial charge in [-0.1, -0.05) is 18.2 Å². The largest absolute Gasteiger partial charge is 0.444 e. The zero-order chi connectivity index (χ0) is 14.4. The molecule has 0 bridgehead atoms. The van der Waals surface area contributed by atoms with Crippen LogP contribution in [0.4, 0.5) is 0 Å². The molecule has 5 nitrogen and oxygen atoms in total. The summed E-state index contributed by atoms with van der Waals surface area (Å²) in [6, 6.07) is 7.63. The summed E-state index contributed by atoms with van der Waals surface area (Å²) in [6.45, 7) is 1.71. The molecule has 0 fully saturated rings. The summed E-state index contributed by atoms with van der Waals surface area (Å²) < 4.78 is 10.3. The third-order valence-electron chi connectivity index (χ3n) is 2.86. The lowest BCUT2D eigenvalue weighted by Crippen LogP contribution is -2.35. The fraction of sp³-hybridized carbons (Fsp3) is 0.357. The van der Waals surface area contributed by atoms with E-state index < -0.39 is 0 Å². The standard InChI is InChI=1S/C14H17ClN2O3/c1-19-7-6-17-13(18)9-16-8-11-10-4-2-3-5-12(10)20-14(11)15/h2-5,16H,6-9H2,1H3,(H,17,18). The van der Waals surface area contributed by atoms with Gasteiger partial charge in [-0.25, -0.2) is 0 Å². The zero-order valence-electron chi connectivity index (χ0n) is 11.2. The molecule has 2 aromatic rings. The van der Waals surface area contributed by atoms with Crippen LogP contribution in [-0.2, 0) is 16.1 Å². The van der Waals surface area contributed by atoms with Gasteiger partial charge >= 0.3 is 0 Å². The van der Waals surface area contributed by atoms with Crippen molar-refractivity contribution in [2.24, 2.45) is 0 Å². The Labute approximate surface area is 122 Å². The Morgan fingerprint density at radius 2 is 2.20 bits per heavy atom. The molecule has 0 saturated carbocycles. The molecule has 1 aromatic heterocycles. The van der Waals surface area contributed by atoms with Crippen LogP contribution in [0.1, 0.15) is 5.56 Å². The van der Waals surface area contributed by atoms with Gasteiger partial charge in [-0.15, -0.1) is 0 Å². The van der Waals surface area contributed by atoms with Crippen LogP contribution in [0.15, 0.2) is 28.7 Å². The first-order valence-electron chi connectivity index (χ1n) is 6.34. The maximum Gasteiger partial charge on any atom is 0.234 e. The number of hydrogen-bond acceptors (Lipinski definition) is 4. The minimum absolute atomic E-state index is 0.0778. The van der Waals surface area contributed by atoms with E-state index in [-0.39, 0.29) is 12.5 Å². The lowest BCUT2D eigenvalue weighted by atomic mass is 10.2. The molecular formula is C14H17ClN2O3. The SMILES string of the molecule is COCCNC(=O)CNCc1c(Cl)oc2ccccc12. The Kier molecular flexibility index (Phi) is 5.40. The highest BCUT2D eigenvalue weighted by Crippen LogP contribution is 2.29. The summed E-state index contributed by atoms with van der Waals surface area (Å²) in [5.74, 6) is -0.0778. The third-order valence-corrected chi connectivity index (χ3v) is 3.17. The zero-order valence-corrected chi connectivity index (χ0v) is 12.0. The van der Waals surface area contributed by atoms with Crippen LogP contribution in [0.25, 0.3) is 11.0 Å². The molecule has 1 aromatic carbocycles. The Morgan fingerprint density at radius 1 is 1.40 bits per heavy atom. The number of amides is 1. The average Bonchev–Trinajstić information content (AvgIpc) is 2.75. The second kappa shape index (κ2) is 7.28. The third kappa shape index (κ3) is 3.72. The van der Waals surface area contributed by atoms with Crippen LogP contribution in [0, 0.1) is 0 Å². The van der Waals surface area contributed by atoms with Crippen LogP contribution >= 0.6 is 11.6 Å². The predicted molar refractivity (Wildman–Crippen MR) is 77.8 cm³/mol. The first kappa shape index (κ1) is 14.8. The molecular weight excluding hydrogens is 280 g/mol. The minimum Gasteiger partial charge on any atom is -0.444 e. The van der Waals surface area contributed by atoms with Crippen molar-refractivity contribution in [3.63, 3.8) is 0 Å². The molecule has 6 heteroatoms. The first-order chi connectivity index (χ1) is 9.72. The number of benzene rings is 1. The number of halogens is 1. The molecule has 2 N–H and O–H groups in total. The number of methoxy groups -OCH3 is 1. The van der Waals surface area contributed by atoms with E-state index in [9.17, 15) is 4.79 Å². The first-order valence-corrected chi connectivity index (χ1v) is 6.72. The van der Waals surface area contributed by atoms with E-state index in [0.717, 1.165) is 16.5 Å². The Balaban J connectivity index is 1.87. The molecule has 1 heterocycles. The van der Waals surface area contributed by atoms with Crippen LogP contribution in [0.3, 0.4) is 0 Å². The van der Waals surface area contributed by atoms with Crippen LogP contribution < -0.4 is 10.6 Å². The van der Waals surface area contributed by atoms with E-state index in [1.165, 1.54) is 0 Å². The normalized spacial score (nSPS) is 10.9. The summed E-state index contributed by atoms with van der Waals surface area (Å²) in [5, 5.41) is 7.11. The topological polar surface area (TPSA) is 63.5 Å². The van der Waals surface area contributed by atoms with Gasteiger partial charge < -0.3 is 19.8 Å². The van der Waals surface area contributed by atoms with Crippen molar-refractivity contribution in [3.05, 3.63) is 35.0 Å². The maximum absolute atomic E-state index is 11.5. The van der Waals surface area contributed by atoms with E-state index in [2.05, 4.69) is 10.6 Å². The van der Waals surface area contributed by atoms with E-state index >= 15 is 0 Å². The molecule has 0 aliphatic heterocycles. The number of nitrogens with one attached hydrogen (secondary N) is 2. The van der Waals surface area contributed by atoms with Crippen LogP contribution in [0.2, 0.25) is 5.22 Å². The van der Waals surface area contributed by atoms with Gasteiger partial charge in [0.2, 0.25) is 5.91 Å². The molecule has 108 valence electrons. The number of carbonyl (C=O) groups excluding carboxylic acids is 1. The summed E-state index contributed by atoms with van der Waals surface area (Å²) in [6.07, 6.45) is 0. The molecule has 0 unspecified atom stereocenters. The van der Waals surface area contributed by atoms with Gasteiger partial charge in [0, 0.05) is 31.1 Å². The highest BCUT2D eigenvalue weighted by Gasteiger charge is 2.11. The molecule has 20 heavy (non-hydrogen) atoms. The number of rotatable bonds is 7. The van der Waals surface area contributed by atoms with Crippen LogP contribution in [-0.4, -0.2) is 32.7 Å². The predicted octanol–water partition coefficient (Wildman–Crippen LogP) is 1.94. The second-order valence-electron chi connectivity index (χ2n) is 4.30. The Hall–Kier alpha value is -1.56. The van der Waals surface area contributed by atoms with Gasteiger partial charge in [-0.3, -0.25) is 4.79 Å². The Morgan fingerprint density at radius 3 is 3.00 bits per heavy atom. The smallest absolute Gasteiger partial charge is 0.234 e. The van der Waals surface area contributed by atoms with E-state index in [4.69, 9.17) is 20.8 Å². The second-order valence-corrected chi connectivity index (χ2v) is 4.64. The van der Waals surface area contributed by atoms with Crippen molar-refractivity contribution in [1.82, 2.24) is 10.6 Å². The lowest BCUT2D eigenvalue weighted by Gasteiger charge is -2.05.